The third kappa shape index (κ3) is 9.48. The predicted molar refractivity (Wildman–Crippen MR) is 57.0 cm³/mol. The lowest BCUT2D eigenvalue weighted by Gasteiger charge is -2.08. The molecule has 4 heteroatoms. The zero-order chi connectivity index (χ0) is 11.0. The molecule has 0 bridgehead atoms. The number of nitrogens with one attached hydrogen (secondary N) is 2. The van der Waals surface area contributed by atoms with E-state index >= 15 is 0 Å². The van der Waals surface area contributed by atoms with Crippen LogP contribution in [-0.2, 0) is 4.79 Å². The summed E-state index contributed by atoms with van der Waals surface area (Å²) in [6.07, 6.45) is 0.119. The number of hydrogen-bond acceptors (Lipinski definition) is 3. The molecule has 14 heavy (non-hydrogen) atoms. The van der Waals surface area contributed by atoms with Crippen molar-refractivity contribution >= 4 is 5.91 Å². The molecule has 0 saturated heterocycles. The highest BCUT2D eigenvalue weighted by atomic mass is 16.3. The summed E-state index contributed by atoms with van der Waals surface area (Å²) in [5.74, 6) is 0.557. The molecule has 0 aromatic carbocycles. The second-order valence-electron chi connectivity index (χ2n) is 4.00. The van der Waals surface area contributed by atoms with Gasteiger partial charge >= 0.3 is 0 Å². The maximum atomic E-state index is 11.2. The van der Waals surface area contributed by atoms with Gasteiger partial charge < -0.3 is 15.7 Å². The number of aliphatic hydroxyl groups excluding tert-OH is 1. The molecule has 0 aromatic rings. The van der Waals surface area contributed by atoms with Crippen molar-refractivity contribution in [2.24, 2.45) is 5.92 Å². The maximum Gasteiger partial charge on any atom is 0.221 e. The lowest BCUT2D eigenvalue weighted by Crippen LogP contribution is -2.32. The van der Waals surface area contributed by atoms with E-state index in [0.717, 1.165) is 6.54 Å². The first kappa shape index (κ1) is 13.4. The van der Waals surface area contributed by atoms with Gasteiger partial charge in [0.2, 0.25) is 5.91 Å². The van der Waals surface area contributed by atoms with Crippen molar-refractivity contribution < 1.29 is 9.90 Å². The lowest BCUT2D eigenvalue weighted by atomic mass is 10.2. The van der Waals surface area contributed by atoms with Gasteiger partial charge in [0.25, 0.3) is 0 Å². The van der Waals surface area contributed by atoms with Gasteiger partial charge in [0.1, 0.15) is 0 Å². The van der Waals surface area contributed by atoms with Crippen molar-refractivity contribution in [2.75, 3.05) is 19.6 Å². The van der Waals surface area contributed by atoms with Crippen LogP contribution in [0.2, 0.25) is 0 Å². The molecule has 0 saturated carbocycles. The van der Waals surface area contributed by atoms with Gasteiger partial charge in [-0.15, -0.1) is 0 Å². The highest BCUT2D eigenvalue weighted by Gasteiger charge is 2.01. The summed E-state index contributed by atoms with van der Waals surface area (Å²) in [5, 5.41) is 14.8. The molecule has 0 aliphatic rings. The predicted octanol–water partition coefficient (Wildman–Crippen LogP) is 0.119. The van der Waals surface area contributed by atoms with Crippen LogP contribution in [0.1, 0.15) is 27.2 Å². The van der Waals surface area contributed by atoms with E-state index in [4.69, 9.17) is 5.11 Å². The molecule has 1 atom stereocenters. The van der Waals surface area contributed by atoms with Crippen LogP contribution in [0, 0.1) is 5.92 Å². The molecule has 84 valence electrons. The van der Waals surface area contributed by atoms with Crippen LogP contribution in [0.15, 0.2) is 0 Å². The monoisotopic (exact) mass is 202 g/mol. The Hall–Kier alpha value is -0.610. The summed E-state index contributed by atoms with van der Waals surface area (Å²) in [5.41, 5.74) is 0. The van der Waals surface area contributed by atoms with Crippen LogP contribution in [0.4, 0.5) is 0 Å². The number of rotatable bonds is 7. The van der Waals surface area contributed by atoms with Gasteiger partial charge in [-0.1, -0.05) is 13.8 Å². The Morgan fingerprint density at radius 2 is 1.93 bits per heavy atom. The van der Waals surface area contributed by atoms with Crippen LogP contribution >= 0.6 is 0 Å². The molecule has 4 nitrogen and oxygen atoms in total. The van der Waals surface area contributed by atoms with Gasteiger partial charge in [0.05, 0.1) is 6.10 Å². The van der Waals surface area contributed by atoms with Gasteiger partial charge in [0.15, 0.2) is 0 Å². The molecule has 0 aliphatic heterocycles. The van der Waals surface area contributed by atoms with E-state index in [1.54, 1.807) is 6.92 Å². The Labute approximate surface area is 86.1 Å². The number of amides is 1. The first-order valence-electron chi connectivity index (χ1n) is 5.18. The Kier molecular flexibility index (Phi) is 7.42. The van der Waals surface area contributed by atoms with E-state index in [1.165, 1.54) is 0 Å². The summed E-state index contributed by atoms with van der Waals surface area (Å²) < 4.78 is 0. The fourth-order valence-electron chi connectivity index (χ4n) is 0.919. The molecular formula is C10H22N2O2. The van der Waals surface area contributed by atoms with Crippen molar-refractivity contribution in [3.63, 3.8) is 0 Å². The first-order valence-corrected chi connectivity index (χ1v) is 5.18. The Balaban J connectivity index is 3.27. The van der Waals surface area contributed by atoms with E-state index in [9.17, 15) is 4.79 Å². The number of aliphatic hydroxyl groups is 1. The Bertz CT molecular complexity index is 158. The zero-order valence-corrected chi connectivity index (χ0v) is 9.34. The molecular weight excluding hydrogens is 180 g/mol. The van der Waals surface area contributed by atoms with Crippen molar-refractivity contribution in [1.29, 1.82) is 0 Å². The fourth-order valence-corrected chi connectivity index (χ4v) is 0.919. The Morgan fingerprint density at radius 3 is 2.43 bits per heavy atom. The maximum absolute atomic E-state index is 11.2. The van der Waals surface area contributed by atoms with Gasteiger partial charge in [-0.25, -0.2) is 0 Å². The van der Waals surface area contributed by atoms with Crippen molar-refractivity contribution in [1.82, 2.24) is 10.6 Å². The highest BCUT2D eigenvalue weighted by molar-refractivity contribution is 5.76. The second-order valence-corrected chi connectivity index (χ2v) is 4.00. The highest BCUT2D eigenvalue weighted by Crippen LogP contribution is 1.88. The van der Waals surface area contributed by atoms with Crippen molar-refractivity contribution in [2.45, 2.75) is 33.3 Å². The molecule has 0 spiro atoms. The lowest BCUT2D eigenvalue weighted by molar-refractivity contribution is -0.121. The van der Waals surface area contributed by atoms with Gasteiger partial charge in [-0.2, -0.15) is 0 Å². The van der Waals surface area contributed by atoms with Crippen molar-refractivity contribution in [3.05, 3.63) is 0 Å². The van der Waals surface area contributed by atoms with E-state index in [1.807, 2.05) is 0 Å². The summed E-state index contributed by atoms with van der Waals surface area (Å²) in [4.78, 5) is 11.2. The van der Waals surface area contributed by atoms with Gasteiger partial charge in [0, 0.05) is 26.1 Å². The quantitative estimate of drug-likeness (QED) is 0.514. The van der Waals surface area contributed by atoms with Crippen LogP contribution in [0.5, 0.6) is 0 Å². The van der Waals surface area contributed by atoms with Crippen LogP contribution in [-0.4, -0.2) is 36.8 Å². The van der Waals surface area contributed by atoms with E-state index in [2.05, 4.69) is 24.5 Å². The minimum atomic E-state index is -0.353. The summed E-state index contributed by atoms with van der Waals surface area (Å²) >= 11 is 0. The van der Waals surface area contributed by atoms with E-state index < -0.39 is 0 Å². The summed E-state index contributed by atoms with van der Waals surface area (Å²) in [6.45, 7) is 7.73. The summed E-state index contributed by atoms with van der Waals surface area (Å²) in [7, 11) is 0. The van der Waals surface area contributed by atoms with E-state index in [-0.39, 0.29) is 12.0 Å². The molecule has 0 heterocycles. The van der Waals surface area contributed by atoms with Crippen molar-refractivity contribution in [3.8, 4) is 0 Å². The van der Waals surface area contributed by atoms with Crippen LogP contribution < -0.4 is 10.6 Å². The first-order chi connectivity index (χ1) is 6.52. The number of hydrogen-bond donors (Lipinski definition) is 3. The minimum absolute atomic E-state index is 0.0665. The van der Waals surface area contributed by atoms with E-state index in [0.29, 0.717) is 25.4 Å². The molecule has 0 aromatic heterocycles. The third-order valence-electron chi connectivity index (χ3n) is 1.68. The standard InChI is InChI=1S/C10H22N2O2/c1-8(2)6-12-10(14)4-5-11-7-9(3)13/h8-9,11,13H,4-7H2,1-3H3,(H,12,14)/t9-/m0/s1. The average Bonchev–Trinajstić information content (AvgIpc) is 2.08. The smallest absolute Gasteiger partial charge is 0.221 e. The normalized spacial score (nSPS) is 12.9. The van der Waals surface area contributed by atoms with Gasteiger partial charge in [-0.05, 0) is 12.8 Å². The molecule has 3 N–H and O–H groups in total. The minimum Gasteiger partial charge on any atom is -0.392 e. The Morgan fingerprint density at radius 1 is 1.29 bits per heavy atom. The molecule has 0 radical (unpaired) electrons. The molecule has 0 aliphatic carbocycles. The second kappa shape index (κ2) is 7.76. The van der Waals surface area contributed by atoms with Crippen LogP contribution in [0.3, 0.4) is 0 Å². The third-order valence-corrected chi connectivity index (χ3v) is 1.68. The summed E-state index contributed by atoms with van der Waals surface area (Å²) in [6, 6.07) is 0. The SMILES string of the molecule is CC(C)CNC(=O)CCNC[C@H](C)O. The van der Waals surface area contributed by atoms with Crippen LogP contribution in [0.25, 0.3) is 0 Å². The van der Waals surface area contributed by atoms with Gasteiger partial charge in [-0.3, -0.25) is 4.79 Å². The number of carbonyl (C=O) groups excluding carboxylic acids is 1. The molecule has 1 amide bonds. The molecule has 0 rings (SSSR count). The zero-order valence-electron chi connectivity index (χ0n) is 9.34. The average molecular weight is 202 g/mol. The fraction of sp³-hybridized carbons (Fsp3) is 0.900. The molecule has 0 unspecified atom stereocenters. The largest absolute Gasteiger partial charge is 0.392 e. The topological polar surface area (TPSA) is 61.4 Å². The number of carbonyl (C=O) groups is 1. The molecule has 0 fully saturated rings.